The Kier molecular flexibility index (Phi) is 5.82. The van der Waals surface area contributed by atoms with Crippen molar-refractivity contribution in [3.8, 4) is 5.75 Å². The van der Waals surface area contributed by atoms with Crippen molar-refractivity contribution in [1.29, 1.82) is 0 Å². The average Bonchev–Trinajstić information content (AvgIpc) is 2.43. The molecule has 1 N–H and O–H groups in total. The number of ether oxygens (including phenoxy) is 1. The van der Waals surface area contributed by atoms with Crippen LogP contribution in [0.2, 0.25) is 0 Å². The van der Waals surface area contributed by atoms with Crippen molar-refractivity contribution in [2.75, 3.05) is 19.9 Å². The van der Waals surface area contributed by atoms with Crippen LogP contribution in [0.3, 0.4) is 0 Å². The molecule has 0 aliphatic rings. The lowest BCUT2D eigenvalue weighted by Crippen LogP contribution is -2.30. The van der Waals surface area contributed by atoms with E-state index in [0.29, 0.717) is 6.42 Å². The Morgan fingerprint density at radius 3 is 2.58 bits per heavy atom. The summed E-state index contributed by atoms with van der Waals surface area (Å²) in [5.74, 6) is 0.838. The Balaban J connectivity index is 2.95. The molecule has 0 fully saturated rings. The van der Waals surface area contributed by atoms with E-state index >= 15 is 0 Å². The third-order valence-electron chi connectivity index (χ3n) is 3.43. The van der Waals surface area contributed by atoms with Gasteiger partial charge in [-0.05, 0) is 38.1 Å². The summed E-state index contributed by atoms with van der Waals surface area (Å²) >= 11 is 0. The number of nitrogens with one attached hydrogen (secondary N) is 1. The fraction of sp³-hybridized carbons (Fsp3) is 0.571. The van der Waals surface area contributed by atoms with E-state index in [9.17, 15) is 8.42 Å². The van der Waals surface area contributed by atoms with Crippen LogP contribution in [0.5, 0.6) is 5.75 Å². The zero-order valence-corrected chi connectivity index (χ0v) is 12.8. The molecule has 0 aliphatic heterocycles. The van der Waals surface area contributed by atoms with Crippen molar-refractivity contribution >= 4 is 9.84 Å². The molecule has 2 atom stereocenters. The predicted molar refractivity (Wildman–Crippen MR) is 78.3 cm³/mol. The van der Waals surface area contributed by atoms with E-state index in [1.165, 1.54) is 0 Å². The molecule has 4 nitrogen and oxygen atoms in total. The molecule has 0 aromatic heterocycles. The van der Waals surface area contributed by atoms with Gasteiger partial charge in [-0.15, -0.1) is 0 Å². The van der Waals surface area contributed by atoms with Gasteiger partial charge in [-0.2, -0.15) is 0 Å². The van der Waals surface area contributed by atoms with Crippen LogP contribution in [-0.4, -0.2) is 33.6 Å². The Hall–Kier alpha value is -1.07. The van der Waals surface area contributed by atoms with E-state index < -0.39 is 9.84 Å². The molecular formula is C14H23NO3S. The summed E-state index contributed by atoms with van der Waals surface area (Å²) in [6.07, 6.45) is 0.636. The first-order valence-corrected chi connectivity index (χ1v) is 8.19. The fourth-order valence-corrected chi connectivity index (χ4v) is 3.52. The van der Waals surface area contributed by atoms with Crippen LogP contribution in [0.15, 0.2) is 24.3 Å². The lowest BCUT2D eigenvalue weighted by atomic mass is 10.1. The Bertz CT molecular complexity index is 499. The summed E-state index contributed by atoms with van der Waals surface area (Å²) in [5, 5.41) is 2.76. The molecule has 108 valence electrons. The molecule has 0 bridgehead atoms. The van der Waals surface area contributed by atoms with Crippen molar-refractivity contribution in [3.05, 3.63) is 29.8 Å². The maximum absolute atomic E-state index is 12.2. The minimum Gasteiger partial charge on any atom is -0.497 e. The summed E-state index contributed by atoms with van der Waals surface area (Å²) in [4.78, 5) is 0. The highest BCUT2D eigenvalue weighted by atomic mass is 32.2. The van der Waals surface area contributed by atoms with E-state index in [1.807, 2.05) is 31.2 Å². The second-order valence-electron chi connectivity index (χ2n) is 4.67. The van der Waals surface area contributed by atoms with Crippen LogP contribution in [0.25, 0.3) is 0 Å². The van der Waals surface area contributed by atoms with Crippen LogP contribution in [0.1, 0.15) is 31.9 Å². The van der Waals surface area contributed by atoms with E-state index in [-0.39, 0.29) is 17.0 Å². The van der Waals surface area contributed by atoms with Crippen LogP contribution in [-0.2, 0) is 9.84 Å². The van der Waals surface area contributed by atoms with Gasteiger partial charge in [-0.1, -0.05) is 19.1 Å². The number of hydrogen-bond donors (Lipinski definition) is 1. The molecule has 19 heavy (non-hydrogen) atoms. The lowest BCUT2D eigenvalue weighted by molar-refractivity contribution is 0.413. The maximum Gasteiger partial charge on any atom is 0.154 e. The van der Waals surface area contributed by atoms with Gasteiger partial charge in [-0.3, -0.25) is 0 Å². The van der Waals surface area contributed by atoms with Gasteiger partial charge in [0.2, 0.25) is 0 Å². The third-order valence-corrected chi connectivity index (χ3v) is 5.79. The second kappa shape index (κ2) is 6.91. The summed E-state index contributed by atoms with van der Waals surface area (Å²) in [7, 11) is 0.282. The van der Waals surface area contributed by atoms with Crippen molar-refractivity contribution < 1.29 is 13.2 Å². The Morgan fingerprint density at radius 1 is 1.37 bits per heavy atom. The van der Waals surface area contributed by atoms with Crippen molar-refractivity contribution in [3.63, 3.8) is 0 Å². The van der Waals surface area contributed by atoms with Gasteiger partial charge in [0.15, 0.2) is 9.84 Å². The highest BCUT2D eigenvalue weighted by Gasteiger charge is 2.24. The Morgan fingerprint density at radius 2 is 2.05 bits per heavy atom. The molecule has 0 amide bonds. The first-order valence-electron chi connectivity index (χ1n) is 6.47. The molecule has 0 radical (unpaired) electrons. The molecule has 1 aromatic carbocycles. The summed E-state index contributed by atoms with van der Waals surface area (Å²) in [5.41, 5.74) is 0.925. The molecule has 5 heteroatoms. The quantitative estimate of drug-likeness (QED) is 0.834. The summed E-state index contributed by atoms with van der Waals surface area (Å²) in [6, 6.07) is 7.28. The monoisotopic (exact) mass is 285 g/mol. The zero-order valence-electron chi connectivity index (χ0n) is 12.0. The highest BCUT2D eigenvalue weighted by Crippen LogP contribution is 2.22. The molecule has 0 heterocycles. The van der Waals surface area contributed by atoms with Gasteiger partial charge < -0.3 is 10.1 Å². The normalized spacial score (nSPS) is 14.9. The highest BCUT2D eigenvalue weighted by molar-refractivity contribution is 7.92. The number of methoxy groups -OCH3 is 1. The first kappa shape index (κ1) is 16.0. The standard InChI is InChI=1S/C14H23NO3S/c1-5-11(2)19(16,17)10-14(15-3)12-7-6-8-13(9-12)18-4/h6-9,11,14-15H,5,10H2,1-4H3. The third kappa shape index (κ3) is 4.21. The van der Waals surface area contributed by atoms with Gasteiger partial charge in [0.25, 0.3) is 0 Å². The van der Waals surface area contributed by atoms with Gasteiger partial charge in [0.05, 0.1) is 18.1 Å². The summed E-state index contributed by atoms with van der Waals surface area (Å²) in [6.45, 7) is 3.65. The van der Waals surface area contributed by atoms with Gasteiger partial charge in [0.1, 0.15) is 5.75 Å². The SMILES string of the molecule is CCC(C)S(=O)(=O)CC(NC)c1cccc(OC)c1. The number of sulfone groups is 1. The molecular weight excluding hydrogens is 262 g/mol. The van der Waals surface area contributed by atoms with Gasteiger partial charge >= 0.3 is 0 Å². The topological polar surface area (TPSA) is 55.4 Å². The number of benzene rings is 1. The average molecular weight is 285 g/mol. The minimum atomic E-state index is -3.09. The van der Waals surface area contributed by atoms with E-state index in [2.05, 4.69) is 5.32 Å². The lowest BCUT2D eigenvalue weighted by Gasteiger charge is -2.19. The van der Waals surface area contributed by atoms with Gasteiger partial charge in [-0.25, -0.2) is 8.42 Å². The maximum atomic E-state index is 12.2. The molecule has 1 rings (SSSR count). The molecule has 0 saturated carbocycles. The van der Waals surface area contributed by atoms with Crippen LogP contribution in [0, 0.1) is 0 Å². The molecule has 2 unspecified atom stereocenters. The molecule has 0 saturated heterocycles. The smallest absolute Gasteiger partial charge is 0.154 e. The largest absolute Gasteiger partial charge is 0.497 e. The van der Waals surface area contributed by atoms with E-state index in [4.69, 9.17) is 4.74 Å². The van der Waals surface area contributed by atoms with Crippen molar-refractivity contribution in [1.82, 2.24) is 5.32 Å². The Labute approximate surface area is 116 Å². The van der Waals surface area contributed by atoms with Crippen LogP contribution < -0.4 is 10.1 Å². The van der Waals surface area contributed by atoms with Crippen molar-refractivity contribution in [2.24, 2.45) is 0 Å². The van der Waals surface area contributed by atoms with Gasteiger partial charge in [0, 0.05) is 6.04 Å². The fourth-order valence-electron chi connectivity index (χ4n) is 1.86. The van der Waals surface area contributed by atoms with Crippen molar-refractivity contribution in [2.45, 2.75) is 31.6 Å². The molecule has 0 spiro atoms. The number of rotatable bonds is 7. The van der Waals surface area contributed by atoms with E-state index in [0.717, 1.165) is 11.3 Å². The molecule has 1 aromatic rings. The summed E-state index contributed by atoms with van der Waals surface area (Å²) < 4.78 is 29.5. The van der Waals surface area contributed by atoms with Crippen LogP contribution in [0.4, 0.5) is 0 Å². The minimum absolute atomic E-state index is 0.103. The van der Waals surface area contributed by atoms with Crippen LogP contribution >= 0.6 is 0 Å². The second-order valence-corrected chi connectivity index (χ2v) is 7.13. The number of hydrogen-bond acceptors (Lipinski definition) is 4. The van der Waals surface area contributed by atoms with E-state index in [1.54, 1.807) is 21.1 Å². The first-order chi connectivity index (χ1) is 8.94. The molecule has 0 aliphatic carbocycles. The zero-order chi connectivity index (χ0) is 14.5. The predicted octanol–water partition coefficient (Wildman–Crippen LogP) is 2.17.